The molecule has 0 aromatic heterocycles. The van der Waals surface area contributed by atoms with Crippen LogP contribution in [0.2, 0.25) is 0 Å². The normalized spacial score (nSPS) is 14.3. The van der Waals surface area contributed by atoms with Crippen LogP contribution in [-0.2, 0) is 5.41 Å². The van der Waals surface area contributed by atoms with E-state index < -0.39 is 0 Å². The van der Waals surface area contributed by atoms with E-state index in [9.17, 15) is 0 Å². The van der Waals surface area contributed by atoms with Gasteiger partial charge in [0.25, 0.3) is 0 Å². The SMILES string of the molecule is CC(C)[C@H]([NH3+])c1ccc(C(C)(C)C)cc1. The first-order chi connectivity index (χ1) is 6.82. The predicted molar refractivity (Wildman–Crippen MR) is 65.6 cm³/mol. The Morgan fingerprint density at radius 1 is 1.00 bits per heavy atom. The second kappa shape index (κ2) is 4.36. The summed E-state index contributed by atoms with van der Waals surface area (Å²) in [5.74, 6) is 0.602. The number of benzene rings is 1. The molecule has 1 atom stereocenters. The summed E-state index contributed by atoms with van der Waals surface area (Å²) in [5, 5.41) is 0. The van der Waals surface area contributed by atoms with Crippen LogP contribution in [0.4, 0.5) is 0 Å². The van der Waals surface area contributed by atoms with Gasteiger partial charge in [-0.05, 0) is 11.0 Å². The monoisotopic (exact) mass is 206 g/mol. The summed E-state index contributed by atoms with van der Waals surface area (Å²) in [6.07, 6.45) is 0. The maximum Gasteiger partial charge on any atom is 0.112 e. The van der Waals surface area contributed by atoms with Gasteiger partial charge in [0, 0.05) is 11.5 Å². The maximum absolute atomic E-state index is 4.20. The van der Waals surface area contributed by atoms with E-state index in [2.05, 4.69) is 64.6 Å². The van der Waals surface area contributed by atoms with Crippen molar-refractivity contribution in [3.8, 4) is 0 Å². The average molecular weight is 206 g/mol. The van der Waals surface area contributed by atoms with Crippen LogP contribution in [0.5, 0.6) is 0 Å². The highest BCUT2D eigenvalue weighted by atomic mass is 14.6. The Hall–Kier alpha value is -0.820. The van der Waals surface area contributed by atoms with Gasteiger partial charge >= 0.3 is 0 Å². The highest BCUT2D eigenvalue weighted by Crippen LogP contribution is 2.24. The van der Waals surface area contributed by atoms with Gasteiger partial charge in [0.15, 0.2) is 0 Å². The van der Waals surface area contributed by atoms with E-state index in [-0.39, 0.29) is 5.41 Å². The molecule has 0 heterocycles. The van der Waals surface area contributed by atoms with E-state index in [1.807, 2.05) is 0 Å². The molecular formula is C14H24N+. The minimum Gasteiger partial charge on any atom is -0.351 e. The molecule has 0 spiro atoms. The van der Waals surface area contributed by atoms with Crippen molar-refractivity contribution in [2.24, 2.45) is 5.92 Å². The molecule has 15 heavy (non-hydrogen) atoms. The molecule has 3 N–H and O–H groups in total. The summed E-state index contributed by atoms with van der Waals surface area (Å²) in [5.41, 5.74) is 7.18. The van der Waals surface area contributed by atoms with Crippen molar-refractivity contribution in [2.45, 2.75) is 46.1 Å². The molecular weight excluding hydrogens is 182 g/mol. The van der Waals surface area contributed by atoms with E-state index in [1.165, 1.54) is 11.1 Å². The summed E-state index contributed by atoms with van der Waals surface area (Å²) in [7, 11) is 0. The van der Waals surface area contributed by atoms with Gasteiger partial charge in [-0.3, -0.25) is 0 Å². The van der Waals surface area contributed by atoms with Gasteiger partial charge in [-0.1, -0.05) is 58.9 Å². The van der Waals surface area contributed by atoms with Crippen LogP contribution in [0, 0.1) is 5.92 Å². The largest absolute Gasteiger partial charge is 0.351 e. The zero-order chi connectivity index (χ0) is 11.6. The number of hydrogen-bond acceptors (Lipinski definition) is 0. The predicted octanol–water partition coefficient (Wildman–Crippen LogP) is 2.92. The minimum atomic E-state index is 0.243. The molecule has 0 radical (unpaired) electrons. The number of quaternary nitrogens is 1. The van der Waals surface area contributed by atoms with Crippen molar-refractivity contribution < 1.29 is 5.73 Å². The van der Waals surface area contributed by atoms with Crippen LogP contribution in [0.1, 0.15) is 51.8 Å². The second-order valence-electron chi connectivity index (χ2n) is 5.72. The first kappa shape index (κ1) is 12.3. The summed E-state index contributed by atoms with van der Waals surface area (Å²) in [6.45, 7) is 11.2. The van der Waals surface area contributed by atoms with Crippen molar-refractivity contribution in [3.05, 3.63) is 35.4 Å². The molecule has 0 aliphatic rings. The molecule has 1 heteroatoms. The molecule has 0 amide bonds. The lowest BCUT2D eigenvalue weighted by Crippen LogP contribution is -2.55. The molecule has 1 nitrogen and oxygen atoms in total. The summed E-state index contributed by atoms with van der Waals surface area (Å²) >= 11 is 0. The topological polar surface area (TPSA) is 27.6 Å². The lowest BCUT2D eigenvalue weighted by molar-refractivity contribution is -0.438. The van der Waals surface area contributed by atoms with Gasteiger partial charge in [0.05, 0.1) is 0 Å². The standard InChI is InChI=1S/C14H23N/c1-10(2)13(15)11-6-8-12(9-7-11)14(3,4)5/h6-10,13H,15H2,1-5H3/p+1/t13-/m0/s1. The highest BCUT2D eigenvalue weighted by molar-refractivity contribution is 5.28. The Morgan fingerprint density at radius 3 is 1.80 bits per heavy atom. The lowest BCUT2D eigenvalue weighted by atomic mass is 9.85. The fourth-order valence-electron chi connectivity index (χ4n) is 1.62. The Labute approximate surface area is 93.7 Å². The molecule has 0 aliphatic carbocycles. The van der Waals surface area contributed by atoms with E-state index >= 15 is 0 Å². The summed E-state index contributed by atoms with van der Waals surface area (Å²) < 4.78 is 0. The van der Waals surface area contributed by atoms with Gasteiger partial charge in [0.2, 0.25) is 0 Å². The van der Waals surface area contributed by atoms with Crippen LogP contribution in [0.15, 0.2) is 24.3 Å². The Bertz CT molecular complexity index is 303. The van der Waals surface area contributed by atoms with E-state index in [4.69, 9.17) is 0 Å². The zero-order valence-corrected chi connectivity index (χ0v) is 10.7. The first-order valence-electron chi connectivity index (χ1n) is 5.76. The van der Waals surface area contributed by atoms with Crippen LogP contribution in [0.3, 0.4) is 0 Å². The molecule has 0 fully saturated rings. The molecule has 0 unspecified atom stereocenters. The summed E-state index contributed by atoms with van der Waals surface area (Å²) in [6, 6.07) is 9.31. The zero-order valence-electron chi connectivity index (χ0n) is 10.7. The van der Waals surface area contributed by atoms with Crippen LogP contribution in [0.25, 0.3) is 0 Å². The van der Waals surface area contributed by atoms with E-state index in [1.54, 1.807) is 0 Å². The van der Waals surface area contributed by atoms with E-state index in [0.717, 1.165) is 0 Å². The lowest BCUT2D eigenvalue weighted by Gasteiger charge is -2.20. The van der Waals surface area contributed by atoms with Gasteiger partial charge in [-0.25, -0.2) is 0 Å². The van der Waals surface area contributed by atoms with Crippen LogP contribution < -0.4 is 5.73 Å². The molecule has 1 rings (SSSR count). The third-order valence-corrected chi connectivity index (χ3v) is 3.01. The Balaban J connectivity index is 2.91. The van der Waals surface area contributed by atoms with Crippen molar-refractivity contribution in [3.63, 3.8) is 0 Å². The Kier molecular flexibility index (Phi) is 3.56. The third-order valence-electron chi connectivity index (χ3n) is 3.01. The van der Waals surface area contributed by atoms with Crippen molar-refractivity contribution in [2.75, 3.05) is 0 Å². The average Bonchev–Trinajstić information content (AvgIpc) is 2.15. The molecule has 0 bridgehead atoms. The first-order valence-corrected chi connectivity index (χ1v) is 5.76. The van der Waals surface area contributed by atoms with Crippen molar-refractivity contribution in [1.82, 2.24) is 0 Å². The maximum atomic E-state index is 4.20. The molecule has 0 aliphatic heterocycles. The van der Waals surface area contributed by atoms with E-state index in [0.29, 0.717) is 12.0 Å². The van der Waals surface area contributed by atoms with Gasteiger partial charge in [0.1, 0.15) is 6.04 Å². The van der Waals surface area contributed by atoms with Crippen molar-refractivity contribution >= 4 is 0 Å². The van der Waals surface area contributed by atoms with Crippen LogP contribution >= 0.6 is 0 Å². The smallest absolute Gasteiger partial charge is 0.112 e. The van der Waals surface area contributed by atoms with Crippen LogP contribution in [-0.4, -0.2) is 0 Å². The fourth-order valence-corrected chi connectivity index (χ4v) is 1.62. The quantitative estimate of drug-likeness (QED) is 0.770. The second-order valence-corrected chi connectivity index (χ2v) is 5.72. The molecule has 0 saturated carbocycles. The van der Waals surface area contributed by atoms with Gasteiger partial charge in [-0.15, -0.1) is 0 Å². The van der Waals surface area contributed by atoms with Crippen molar-refractivity contribution in [1.29, 1.82) is 0 Å². The van der Waals surface area contributed by atoms with Gasteiger partial charge in [-0.2, -0.15) is 0 Å². The summed E-state index contributed by atoms with van der Waals surface area (Å²) in [4.78, 5) is 0. The molecule has 1 aromatic carbocycles. The number of hydrogen-bond donors (Lipinski definition) is 1. The molecule has 1 aromatic rings. The minimum absolute atomic E-state index is 0.243. The van der Waals surface area contributed by atoms with Gasteiger partial charge < -0.3 is 5.73 Å². The molecule has 0 saturated heterocycles. The molecule has 84 valence electrons. The Morgan fingerprint density at radius 2 is 1.47 bits per heavy atom. The fraction of sp³-hybridized carbons (Fsp3) is 0.571. The number of rotatable bonds is 2. The third kappa shape index (κ3) is 3.07. The highest BCUT2D eigenvalue weighted by Gasteiger charge is 2.16.